The molecule has 4 heteroatoms. The van der Waals surface area contributed by atoms with Crippen molar-refractivity contribution in [3.63, 3.8) is 0 Å². The summed E-state index contributed by atoms with van der Waals surface area (Å²) in [6, 6.07) is 6.31. The van der Waals surface area contributed by atoms with Gasteiger partial charge in [0.15, 0.2) is 0 Å². The smallest absolute Gasteiger partial charge is 0.200 e. The van der Waals surface area contributed by atoms with Crippen molar-refractivity contribution in [2.24, 2.45) is 0 Å². The van der Waals surface area contributed by atoms with Crippen LogP contribution in [0.15, 0.2) is 28.9 Å². The summed E-state index contributed by atoms with van der Waals surface area (Å²) in [6.07, 6.45) is 1.79. The Bertz CT molecular complexity index is 497. The lowest BCUT2D eigenvalue weighted by Gasteiger charge is -2.09. The van der Waals surface area contributed by atoms with Crippen LogP contribution in [0.25, 0.3) is 0 Å². The predicted molar refractivity (Wildman–Crippen MR) is 69.4 cm³/mol. The van der Waals surface area contributed by atoms with Gasteiger partial charge in [0.1, 0.15) is 0 Å². The van der Waals surface area contributed by atoms with Crippen LogP contribution in [0.2, 0.25) is 0 Å². The van der Waals surface area contributed by atoms with Crippen LogP contribution in [0.3, 0.4) is 0 Å². The molecule has 2 aromatic rings. The van der Waals surface area contributed by atoms with Gasteiger partial charge in [0.05, 0.1) is 12.7 Å². The quantitative estimate of drug-likeness (QED) is 0.919. The summed E-state index contributed by atoms with van der Waals surface area (Å²) >= 11 is 3.49. The van der Waals surface area contributed by atoms with E-state index in [1.54, 1.807) is 6.20 Å². The summed E-state index contributed by atoms with van der Waals surface area (Å²) in [4.78, 5) is 4.08. The SMILES string of the molecule is Cc1cc(Cn2c(C)cnc2N)ccc1Br. The maximum atomic E-state index is 5.80. The average Bonchev–Trinajstić information content (AvgIpc) is 2.55. The normalized spacial score (nSPS) is 10.7. The Morgan fingerprint density at radius 1 is 1.38 bits per heavy atom. The molecule has 0 amide bonds. The van der Waals surface area contributed by atoms with E-state index < -0.39 is 0 Å². The van der Waals surface area contributed by atoms with E-state index in [2.05, 4.69) is 46.0 Å². The van der Waals surface area contributed by atoms with Crippen molar-refractivity contribution in [3.8, 4) is 0 Å². The highest BCUT2D eigenvalue weighted by molar-refractivity contribution is 9.10. The van der Waals surface area contributed by atoms with Crippen LogP contribution < -0.4 is 5.73 Å². The zero-order valence-corrected chi connectivity index (χ0v) is 11.0. The first-order chi connectivity index (χ1) is 7.58. The predicted octanol–water partition coefficient (Wildman–Crippen LogP) is 2.89. The van der Waals surface area contributed by atoms with Crippen molar-refractivity contribution in [1.29, 1.82) is 0 Å². The Hall–Kier alpha value is -1.29. The molecule has 0 fully saturated rings. The second-order valence-electron chi connectivity index (χ2n) is 3.93. The summed E-state index contributed by atoms with van der Waals surface area (Å²) in [6.45, 7) is 4.86. The molecule has 16 heavy (non-hydrogen) atoms. The first-order valence-electron chi connectivity index (χ1n) is 5.10. The maximum absolute atomic E-state index is 5.80. The van der Waals surface area contributed by atoms with E-state index in [-0.39, 0.29) is 0 Å². The molecule has 0 aliphatic heterocycles. The Balaban J connectivity index is 2.31. The largest absolute Gasteiger partial charge is 0.369 e. The van der Waals surface area contributed by atoms with Crippen molar-refractivity contribution in [2.45, 2.75) is 20.4 Å². The number of aryl methyl sites for hydroxylation is 2. The van der Waals surface area contributed by atoms with Gasteiger partial charge in [-0.2, -0.15) is 0 Å². The standard InChI is InChI=1S/C12H14BrN3/c1-8-5-10(3-4-11(8)13)7-16-9(2)6-15-12(16)14/h3-6H,7H2,1-2H3,(H2,14,15). The number of nitrogens with zero attached hydrogens (tertiary/aromatic N) is 2. The number of halogens is 1. The molecule has 0 atom stereocenters. The lowest BCUT2D eigenvalue weighted by Crippen LogP contribution is -2.06. The number of hydrogen-bond acceptors (Lipinski definition) is 2. The lowest BCUT2D eigenvalue weighted by atomic mass is 10.1. The molecule has 1 heterocycles. The summed E-state index contributed by atoms with van der Waals surface area (Å²) in [5, 5.41) is 0. The number of benzene rings is 1. The van der Waals surface area contributed by atoms with E-state index >= 15 is 0 Å². The highest BCUT2D eigenvalue weighted by Crippen LogP contribution is 2.18. The minimum absolute atomic E-state index is 0.568. The Kier molecular flexibility index (Phi) is 3.01. The average molecular weight is 280 g/mol. The molecule has 2 N–H and O–H groups in total. The van der Waals surface area contributed by atoms with Gasteiger partial charge in [-0.1, -0.05) is 28.1 Å². The highest BCUT2D eigenvalue weighted by Gasteiger charge is 2.04. The number of rotatable bonds is 2. The van der Waals surface area contributed by atoms with E-state index in [1.807, 2.05) is 11.5 Å². The molecule has 1 aromatic heterocycles. The summed E-state index contributed by atoms with van der Waals surface area (Å²) in [5.41, 5.74) is 9.34. The highest BCUT2D eigenvalue weighted by atomic mass is 79.9. The van der Waals surface area contributed by atoms with Gasteiger partial charge < -0.3 is 10.3 Å². The fourth-order valence-electron chi connectivity index (χ4n) is 1.67. The van der Waals surface area contributed by atoms with Gasteiger partial charge in [0, 0.05) is 10.2 Å². The topological polar surface area (TPSA) is 43.8 Å². The number of nitrogens with two attached hydrogens (primary N) is 1. The summed E-state index contributed by atoms with van der Waals surface area (Å²) < 4.78 is 3.13. The number of anilines is 1. The maximum Gasteiger partial charge on any atom is 0.200 e. The lowest BCUT2D eigenvalue weighted by molar-refractivity contribution is 0.782. The molecular formula is C12H14BrN3. The summed E-state index contributed by atoms with van der Waals surface area (Å²) in [7, 11) is 0. The van der Waals surface area contributed by atoms with Crippen molar-refractivity contribution < 1.29 is 0 Å². The second kappa shape index (κ2) is 4.29. The van der Waals surface area contributed by atoms with Crippen LogP contribution in [0.1, 0.15) is 16.8 Å². The van der Waals surface area contributed by atoms with Crippen LogP contribution in [-0.4, -0.2) is 9.55 Å². The van der Waals surface area contributed by atoms with Crippen LogP contribution >= 0.6 is 15.9 Å². The molecule has 0 bridgehead atoms. The van der Waals surface area contributed by atoms with E-state index in [9.17, 15) is 0 Å². The van der Waals surface area contributed by atoms with Gasteiger partial charge in [0.2, 0.25) is 5.95 Å². The van der Waals surface area contributed by atoms with Gasteiger partial charge in [0.25, 0.3) is 0 Å². The Morgan fingerprint density at radius 3 is 2.69 bits per heavy atom. The summed E-state index contributed by atoms with van der Waals surface area (Å²) in [5.74, 6) is 0.568. The molecule has 0 saturated carbocycles. The first kappa shape index (κ1) is 11.2. The number of imidazole rings is 1. The monoisotopic (exact) mass is 279 g/mol. The van der Waals surface area contributed by atoms with Gasteiger partial charge >= 0.3 is 0 Å². The third-order valence-corrected chi connectivity index (χ3v) is 3.54. The van der Waals surface area contributed by atoms with Crippen molar-refractivity contribution in [2.75, 3.05) is 5.73 Å². The van der Waals surface area contributed by atoms with Crippen molar-refractivity contribution in [3.05, 3.63) is 45.7 Å². The third kappa shape index (κ3) is 2.11. The molecule has 3 nitrogen and oxygen atoms in total. The number of nitrogen functional groups attached to an aromatic ring is 1. The molecule has 0 spiro atoms. The third-order valence-electron chi connectivity index (χ3n) is 2.65. The van der Waals surface area contributed by atoms with Gasteiger partial charge in [-0.25, -0.2) is 4.98 Å². The zero-order chi connectivity index (χ0) is 11.7. The van der Waals surface area contributed by atoms with Crippen molar-refractivity contribution >= 4 is 21.9 Å². The fraction of sp³-hybridized carbons (Fsp3) is 0.250. The molecular weight excluding hydrogens is 266 g/mol. The van der Waals surface area contributed by atoms with E-state index in [0.29, 0.717) is 5.95 Å². The minimum Gasteiger partial charge on any atom is -0.369 e. The van der Waals surface area contributed by atoms with Gasteiger partial charge in [-0.05, 0) is 31.0 Å². The fourth-order valence-corrected chi connectivity index (χ4v) is 1.92. The molecule has 0 saturated heterocycles. The van der Waals surface area contributed by atoms with Gasteiger partial charge in [-0.15, -0.1) is 0 Å². The number of aromatic nitrogens is 2. The molecule has 0 unspecified atom stereocenters. The van der Waals surface area contributed by atoms with Crippen LogP contribution in [0.5, 0.6) is 0 Å². The second-order valence-corrected chi connectivity index (χ2v) is 4.78. The zero-order valence-electron chi connectivity index (χ0n) is 9.37. The minimum atomic E-state index is 0.568. The Labute approximate surface area is 103 Å². The van der Waals surface area contributed by atoms with Crippen LogP contribution in [0, 0.1) is 13.8 Å². The molecule has 0 radical (unpaired) electrons. The Morgan fingerprint density at radius 2 is 2.12 bits per heavy atom. The van der Waals surface area contributed by atoms with Crippen molar-refractivity contribution in [1.82, 2.24) is 9.55 Å². The van der Waals surface area contributed by atoms with E-state index in [1.165, 1.54) is 11.1 Å². The molecule has 0 aliphatic rings. The first-order valence-corrected chi connectivity index (χ1v) is 5.90. The molecule has 2 rings (SSSR count). The van der Waals surface area contributed by atoms with Crippen LogP contribution in [0.4, 0.5) is 5.95 Å². The van der Waals surface area contributed by atoms with Crippen LogP contribution in [-0.2, 0) is 6.54 Å². The van der Waals surface area contributed by atoms with E-state index in [0.717, 1.165) is 16.7 Å². The number of hydrogen-bond donors (Lipinski definition) is 1. The van der Waals surface area contributed by atoms with E-state index in [4.69, 9.17) is 5.73 Å². The van der Waals surface area contributed by atoms with Gasteiger partial charge in [-0.3, -0.25) is 0 Å². The molecule has 0 aliphatic carbocycles. The molecule has 1 aromatic carbocycles. The molecule has 84 valence electrons.